The smallest absolute Gasteiger partial charge is 0.241 e. The van der Waals surface area contributed by atoms with E-state index in [0.717, 1.165) is 12.8 Å². The lowest BCUT2D eigenvalue weighted by Crippen LogP contribution is -2.56. The number of sulfonamides is 1. The molecule has 0 aromatic rings. The minimum absolute atomic E-state index is 0. The Bertz CT molecular complexity index is 423. The van der Waals surface area contributed by atoms with Crippen LogP contribution < -0.4 is 10.5 Å². The Kier molecular flexibility index (Phi) is 6.26. The highest BCUT2D eigenvalue weighted by atomic mass is 35.5. The van der Waals surface area contributed by atoms with Gasteiger partial charge >= 0.3 is 0 Å². The number of hydrogen-bond acceptors (Lipinski definition) is 4. The lowest BCUT2D eigenvalue weighted by molar-refractivity contribution is -0.127. The van der Waals surface area contributed by atoms with Crippen LogP contribution in [0.1, 0.15) is 26.7 Å². The molecule has 2 atom stereocenters. The van der Waals surface area contributed by atoms with Crippen molar-refractivity contribution in [2.45, 2.75) is 37.5 Å². The maximum Gasteiger partial charge on any atom is 0.241 e. The van der Waals surface area contributed by atoms with Crippen molar-refractivity contribution in [1.29, 1.82) is 0 Å². The van der Waals surface area contributed by atoms with Gasteiger partial charge in [0.05, 0.1) is 0 Å². The van der Waals surface area contributed by atoms with Crippen molar-refractivity contribution in [3.8, 4) is 0 Å². The molecule has 1 rings (SSSR count). The molecule has 0 bridgehead atoms. The third-order valence-electron chi connectivity index (χ3n) is 3.53. The molecule has 19 heavy (non-hydrogen) atoms. The molecule has 0 aromatic carbocycles. The fourth-order valence-corrected chi connectivity index (χ4v) is 3.47. The van der Waals surface area contributed by atoms with E-state index in [4.69, 9.17) is 5.73 Å². The van der Waals surface area contributed by atoms with Crippen LogP contribution in [-0.2, 0) is 14.8 Å². The number of carbonyl (C=O) groups is 1. The van der Waals surface area contributed by atoms with Gasteiger partial charge in [-0.1, -0.05) is 0 Å². The second-order valence-electron chi connectivity index (χ2n) is 5.42. The molecule has 114 valence electrons. The summed E-state index contributed by atoms with van der Waals surface area (Å²) in [6, 6.07) is 0. The molecule has 1 aliphatic rings. The van der Waals surface area contributed by atoms with Crippen molar-refractivity contribution in [1.82, 2.24) is 9.62 Å². The van der Waals surface area contributed by atoms with Crippen LogP contribution in [0.15, 0.2) is 0 Å². The molecule has 6 nitrogen and oxygen atoms in total. The second-order valence-corrected chi connectivity index (χ2v) is 7.42. The quantitative estimate of drug-likeness (QED) is 0.718. The standard InChI is InChI=1S/C11H23N3O3S.ClH/c1-8(10(15)14(3)4)18(16,17)13-11(2,7-12)9-5-6-9;/h8-9,13H,5-7,12H2,1-4H3;1H. The Morgan fingerprint density at radius 1 is 1.47 bits per heavy atom. The van der Waals surface area contributed by atoms with E-state index >= 15 is 0 Å². The Morgan fingerprint density at radius 2 is 1.95 bits per heavy atom. The highest BCUT2D eigenvalue weighted by Crippen LogP contribution is 2.39. The summed E-state index contributed by atoms with van der Waals surface area (Å²) in [5, 5.41) is -1.10. The second kappa shape index (κ2) is 6.39. The first-order valence-corrected chi connectivity index (χ1v) is 7.62. The Labute approximate surface area is 121 Å². The summed E-state index contributed by atoms with van der Waals surface area (Å²) in [5.74, 6) is -0.156. The zero-order valence-electron chi connectivity index (χ0n) is 11.8. The predicted octanol–water partition coefficient (Wildman–Crippen LogP) is -0.0683. The number of nitrogens with two attached hydrogens (primary N) is 1. The van der Waals surface area contributed by atoms with Crippen molar-refractivity contribution in [3.63, 3.8) is 0 Å². The summed E-state index contributed by atoms with van der Waals surface area (Å²) in [6.45, 7) is 3.43. The van der Waals surface area contributed by atoms with E-state index in [1.165, 1.54) is 25.9 Å². The first-order chi connectivity index (χ1) is 8.14. The number of nitrogens with one attached hydrogen (secondary N) is 1. The Morgan fingerprint density at radius 3 is 2.26 bits per heavy atom. The molecular formula is C11H24ClN3O3S. The van der Waals surface area contributed by atoms with E-state index in [0.29, 0.717) is 0 Å². The highest BCUT2D eigenvalue weighted by Gasteiger charge is 2.45. The van der Waals surface area contributed by atoms with Crippen LogP contribution in [0.2, 0.25) is 0 Å². The molecule has 3 N–H and O–H groups in total. The van der Waals surface area contributed by atoms with Crippen molar-refractivity contribution in [2.75, 3.05) is 20.6 Å². The summed E-state index contributed by atoms with van der Waals surface area (Å²) in [7, 11) is -0.622. The number of rotatable bonds is 6. The lowest BCUT2D eigenvalue weighted by Gasteiger charge is -2.30. The first-order valence-electron chi connectivity index (χ1n) is 6.08. The normalized spacial score (nSPS) is 20.1. The maximum atomic E-state index is 12.2. The molecule has 1 aliphatic carbocycles. The highest BCUT2D eigenvalue weighted by molar-refractivity contribution is 7.90. The van der Waals surface area contributed by atoms with E-state index in [-0.39, 0.29) is 24.9 Å². The maximum absolute atomic E-state index is 12.2. The predicted molar refractivity (Wildman–Crippen MR) is 77.6 cm³/mol. The van der Waals surface area contributed by atoms with Gasteiger partial charge in [-0.15, -0.1) is 12.4 Å². The van der Waals surface area contributed by atoms with Crippen molar-refractivity contribution in [3.05, 3.63) is 0 Å². The summed E-state index contributed by atoms with van der Waals surface area (Å²) < 4.78 is 27.0. The van der Waals surface area contributed by atoms with Crippen LogP contribution >= 0.6 is 12.4 Å². The van der Waals surface area contributed by atoms with E-state index in [1.807, 2.05) is 0 Å². The molecule has 8 heteroatoms. The fraction of sp³-hybridized carbons (Fsp3) is 0.909. The number of amides is 1. The van der Waals surface area contributed by atoms with Gasteiger partial charge in [0, 0.05) is 26.2 Å². The third kappa shape index (κ3) is 4.30. The molecule has 1 fully saturated rings. The van der Waals surface area contributed by atoms with Crippen LogP contribution in [-0.4, -0.2) is 50.7 Å². The minimum Gasteiger partial charge on any atom is -0.348 e. The topological polar surface area (TPSA) is 92.5 Å². The van der Waals surface area contributed by atoms with Crippen molar-refractivity contribution in [2.24, 2.45) is 11.7 Å². The zero-order chi connectivity index (χ0) is 14.1. The molecule has 2 unspecified atom stereocenters. The zero-order valence-corrected chi connectivity index (χ0v) is 13.5. The molecule has 0 saturated heterocycles. The van der Waals surface area contributed by atoms with Gasteiger partial charge in [0.25, 0.3) is 0 Å². The molecule has 0 spiro atoms. The van der Waals surface area contributed by atoms with Gasteiger partial charge in [0.2, 0.25) is 15.9 Å². The van der Waals surface area contributed by atoms with Crippen molar-refractivity contribution < 1.29 is 13.2 Å². The monoisotopic (exact) mass is 313 g/mol. The average molecular weight is 314 g/mol. The lowest BCUT2D eigenvalue weighted by atomic mass is 9.98. The van der Waals surface area contributed by atoms with Crippen LogP contribution in [0.25, 0.3) is 0 Å². The van der Waals surface area contributed by atoms with Crippen LogP contribution in [0, 0.1) is 5.92 Å². The third-order valence-corrected chi connectivity index (χ3v) is 5.42. The number of nitrogens with zero attached hydrogens (tertiary/aromatic N) is 1. The summed E-state index contributed by atoms with van der Waals surface area (Å²) in [5.41, 5.74) is 5.03. The molecule has 1 saturated carbocycles. The number of hydrogen-bond donors (Lipinski definition) is 2. The van der Waals surface area contributed by atoms with Crippen molar-refractivity contribution >= 4 is 28.3 Å². The Balaban J connectivity index is 0.00000324. The average Bonchev–Trinajstić information content (AvgIpc) is 3.10. The van der Waals surface area contributed by atoms with Gasteiger partial charge in [-0.25, -0.2) is 13.1 Å². The van der Waals surface area contributed by atoms with Gasteiger partial charge < -0.3 is 10.6 Å². The number of halogens is 1. The number of carbonyl (C=O) groups excluding carboxylic acids is 1. The Hall–Kier alpha value is -0.370. The summed E-state index contributed by atoms with van der Waals surface area (Å²) >= 11 is 0. The molecule has 0 aromatic heterocycles. The molecule has 0 heterocycles. The van der Waals surface area contributed by atoms with Crippen LogP contribution in [0.5, 0.6) is 0 Å². The van der Waals surface area contributed by atoms with E-state index < -0.39 is 26.7 Å². The summed E-state index contributed by atoms with van der Waals surface area (Å²) in [4.78, 5) is 13.0. The van der Waals surface area contributed by atoms with E-state index in [9.17, 15) is 13.2 Å². The van der Waals surface area contributed by atoms with Gasteiger partial charge in [-0.2, -0.15) is 0 Å². The van der Waals surface area contributed by atoms with Gasteiger partial charge in [-0.05, 0) is 32.6 Å². The molecule has 0 aliphatic heterocycles. The summed E-state index contributed by atoms with van der Waals surface area (Å²) in [6.07, 6.45) is 1.96. The molecule has 1 amide bonds. The first kappa shape index (κ1) is 18.6. The van der Waals surface area contributed by atoms with E-state index in [2.05, 4.69) is 4.72 Å². The molecular weight excluding hydrogens is 290 g/mol. The SMILES string of the molecule is CC(C(=O)N(C)C)S(=O)(=O)NC(C)(CN)C1CC1.Cl. The van der Waals surface area contributed by atoms with Crippen LogP contribution in [0.4, 0.5) is 0 Å². The molecule has 0 radical (unpaired) electrons. The largest absolute Gasteiger partial charge is 0.348 e. The minimum atomic E-state index is -3.70. The van der Waals surface area contributed by atoms with Crippen LogP contribution in [0.3, 0.4) is 0 Å². The fourth-order valence-electron chi connectivity index (χ4n) is 1.92. The van der Waals surface area contributed by atoms with E-state index in [1.54, 1.807) is 6.92 Å². The van der Waals surface area contributed by atoms with Gasteiger partial charge in [0.15, 0.2) is 5.25 Å². The van der Waals surface area contributed by atoms with Gasteiger partial charge in [-0.3, -0.25) is 4.79 Å². The van der Waals surface area contributed by atoms with Gasteiger partial charge in [0.1, 0.15) is 0 Å².